The van der Waals surface area contributed by atoms with E-state index in [0.29, 0.717) is 16.4 Å². The second-order valence-corrected chi connectivity index (χ2v) is 7.49. The van der Waals surface area contributed by atoms with Crippen LogP contribution in [0.5, 0.6) is 0 Å². The zero-order valence-electron chi connectivity index (χ0n) is 14.3. The number of carbonyl (C=O) groups is 2. The molecule has 26 heavy (non-hydrogen) atoms. The van der Waals surface area contributed by atoms with Gasteiger partial charge in [-0.3, -0.25) is 9.69 Å². The van der Waals surface area contributed by atoms with Crippen molar-refractivity contribution in [2.24, 2.45) is 0 Å². The highest BCUT2D eigenvalue weighted by atomic mass is 32.2. The topological polar surface area (TPSA) is 70.8 Å². The lowest BCUT2D eigenvalue weighted by Crippen LogP contribution is -2.41. The van der Waals surface area contributed by atoms with Crippen molar-refractivity contribution in [3.8, 4) is 11.3 Å². The van der Waals surface area contributed by atoms with Crippen LogP contribution in [0.4, 0.5) is 0 Å². The molecule has 7 heteroatoms. The van der Waals surface area contributed by atoms with Crippen molar-refractivity contribution < 1.29 is 19.1 Å². The van der Waals surface area contributed by atoms with Gasteiger partial charge in [-0.05, 0) is 31.0 Å². The Morgan fingerprint density at radius 1 is 1.31 bits per heavy atom. The van der Waals surface area contributed by atoms with Crippen molar-refractivity contribution in [1.29, 1.82) is 0 Å². The van der Waals surface area contributed by atoms with E-state index in [2.05, 4.69) is 19.1 Å². The molecule has 0 saturated carbocycles. The number of amides is 1. The lowest BCUT2D eigenvalue weighted by atomic mass is 10.1. The molecule has 1 saturated heterocycles. The molecule has 3 rings (SSSR count). The molecular formula is C19H17NO4S2. The molecule has 2 heterocycles. The summed E-state index contributed by atoms with van der Waals surface area (Å²) in [5, 5.41) is 9.12. The Morgan fingerprint density at radius 2 is 2.00 bits per heavy atom. The van der Waals surface area contributed by atoms with Gasteiger partial charge >= 0.3 is 5.97 Å². The van der Waals surface area contributed by atoms with Gasteiger partial charge in [-0.25, -0.2) is 4.79 Å². The Kier molecular flexibility index (Phi) is 5.29. The summed E-state index contributed by atoms with van der Waals surface area (Å²) < 4.78 is 6.05. The number of benzene rings is 1. The molecule has 1 aromatic heterocycles. The van der Waals surface area contributed by atoms with Gasteiger partial charge in [-0.15, -0.1) is 0 Å². The predicted octanol–water partition coefficient (Wildman–Crippen LogP) is 4.18. The number of aryl methyl sites for hydroxylation is 1. The summed E-state index contributed by atoms with van der Waals surface area (Å²) >= 11 is 6.22. The van der Waals surface area contributed by atoms with E-state index in [9.17, 15) is 9.59 Å². The van der Waals surface area contributed by atoms with Crippen LogP contribution in [0.1, 0.15) is 25.2 Å². The van der Waals surface area contributed by atoms with Gasteiger partial charge in [0.05, 0.1) is 4.91 Å². The van der Waals surface area contributed by atoms with Gasteiger partial charge in [0.15, 0.2) is 0 Å². The average molecular weight is 387 g/mol. The van der Waals surface area contributed by atoms with Crippen LogP contribution in [0.25, 0.3) is 17.4 Å². The Labute approximate surface area is 160 Å². The minimum absolute atomic E-state index is 0.234. The van der Waals surface area contributed by atoms with E-state index < -0.39 is 17.9 Å². The summed E-state index contributed by atoms with van der Waals surface area (Å²) in [4.78, 5) is 25.1. The minimum Gasteiger partial charge on any atom is -0.480 e. The first-order valence-electron chi connectivity index (χ1n) is 8.09. The highest BCUT2D eigenvalue weighted by Crippen LogP contribution is 2.34. The molecule has 1 atom stereocenters. The third kappa shape index (κ3) is 3.59. The van der Waals surface area contributed by atoms with Crippen LogP contribution in [0.3, 0.4) is 0 Å². The minimum atomic E-state index is -1.10. The molecule has 1 amide bonds. The van der Waals surface area contributed by atoms with Crippen LogP contribution in [-0.2, 0) is 16.0 Å². The van der Waals surface area contributed by atoms with Gasteiger partial charge < -0.3 is 9.52 Å². The first-order chi connectivity index (χ1) is 12.4. The number of nitrogens with zero attached hydrogens (tertiary/aromatic N) is 1. The van der Waals surface area contributed by atoms with E-state index in [1.807, 2.05) is 18.2 Å². The number of furan rings is 1. The summed E-state index contributed by atoms with van der Waals surface area (Å²) in [6, 6.07) is 10.7. The molecule has 2 aromatic rings. The van der Waals surface area contributed by atoms with Crippen LogP contribution >= 0.6 is 24.0 Å². The summed E-state index contributed by atoms with van der Waals surface area (Å²) in [5.74, 6) is -0.296. The Balaban J connectivity index is 1.82. The monoisotopic (exact) mass is 387 g/mol. The number of hydrogen-bond acceptors (Lipinski definition) is 5. The Morgan fingerprint density at radius 3 is 2.62 bits per heavy atom. The van der Waals surface area contributed by atoms with E-state index in [0.717, 1.165) is 28.6 Å². The second kappa shape index (κ2) is 7.47. The van der Waals surface area contributed by atoms with Crippen LogP contribution in [0.2, 0.25) is 0 Å². The molecule has 5 nitrogen and oxygen atoms in total. The number of carboxylic acid groups (broad SMARTS) is 1. The maximum absolute atomic E-state index is 12.5. The quantitative estimate of drug-likeness (QED) is 0.613. The van der Waals surface area contributed by atoms with Crippen molar-refractivity contribution in [2.75, 3.05) is 0 Å². The maximum atomic E-state index is 12.5. The first kappa shape index (κ1) is 18.4. The van der Waals surface area contributed by atoms with Gasteiger partial charge in [0.1, 0.15) is 21.9 Å². The van der Waals surface area contributed by atoms with E-state index in [4.69, 9.17) is 21.7 Å². The van der Waals surface area contributed by atoms with E-state index >= 15 is 0 Å². The van der Waals surface area contributed by atoms with Gasteiger partial charge in [0.2, 0.25) is 0 Å². The molecule has 1 aliphatic heterocycles. The number of thioether (sulfide) groups is 1. The second-order valence-electron chi connectivity index (χ2n) is 5.82. The number of hydrogen-bond donors (Lipinski definition) is 1. The van der Waals surface area contributed by atoms with Gasteiger partial charge in [-0.2, -0.15) is 0 Å². The van der Waals surface area contributed by atoms with Crippen molar-refractivity contribution in [3.63, 3.8) is 0 Å². The third-order valence-electron chi connectivity index (χ3n) is 4.12. The summed E-state index contributed by atoms with van der Waals surface area (Å²) in [5.41, 5.74) is 2.20. The SMILES string of the molecule is CCc1ccc(-c2ccc(/C=C3/SC(=S)N(C(C)C(=O)O)C3=O)o2)cc1. The van der Waals surface area contributed by atoms with Crippen LogP contribution in [0.15, 0.2) is 45.7 Å². The Hall–Kier alpha value is -2.38. The third-order valence-corrected chi connectivity index (χ3v) is 5.45. The molecule has 0 aliphatic carbocycles. The number of aliphatic carboxylic acids is 1. The molecule has 1 aliphatic rings. The fourth-order valence-electron chi connectivity index (χ4n) is 2.54. The van der Waals surface area contributed by atoms with Gasteiger partial charge in [-0.1, -0.05) is 55.2 Å². The van der Waals surface area contributed by atoms with Crippen molar-refractivity contribution in [2.45, 2.75) is 26.3 Å². The maximum Gasteiger partial charge on any atom is 0.326 e. The summed E-state index contributed by atoms with van der Waals surface area (Å²) in [7, 11) is 0. The standard InChI is InChI=1S/C19H17NO4S2/c1-3-12-4-6-13(7-5-12)15-9-8-14(24-15)10-16-17(21)20(19(25)26-16)11(2)18(22)23/h4-11H,3H2,1-2H3,(H,22,23)/b16-10+. The average Bonchev–Trinajstić information content (AvgIpc) is 3.19. The fourth-order valence-corrected chi connectivity index (χ4v) is 3.94. The fraction of sp³-hybridized carbons (Fsp3) is 0.211. The molecule has 134 valence electrons. The highest BCUT2D eigenvalue weighted by molar-refractivity contribution is 8.26. The molecule has 0 bridgehead atoms. The Bertz CT molecular complexity index is 899. The van der Waals surface area contributed by atoms with Crippen molar-refractivity contribution >= 4 is 46.3 Å². The molecule has 0 spiro atoms. The van der Waals surface area contributed by atoms with E-state index in [-0.39, 0.29) is 4.32 Å². The van der Waals surface area contributed by atoms with Gasteiger partial charge in [0.25, 0.3) is 5.91 Å². The normalized spacial score (nSPS) is 17.2. The van der Waals surface area contributed by atoms with E-state index in [1.54, 1.807) is 12.1 Å². The first-order valence-corrected chi connectivity index (χ1v) is 9.32. The van der Waals surface area contributed by atoms with E-state index in [1.165, 1.54) is 12.5 Å². The lowest BCUT2D eigenvalue weighted by molar-refractivity contribution is -0.144. The van der Waals surface area contributed by atoms with Crippen molar-refractivity contribution in [3.05, 3.63) is 52.6 Å². The summed E-state index contributed by atoms with van der Waals surface area (Å²) in [6.07, 6.45) is 2.57. The predicted molar refractivity (Wildman–Crippen MR) is 106 cm³/mol. The molecule has 0 radical (unpaired) electrons. The molecule has 1 aromatic carbocycles. The smallest absolute Gasteiger partial charge is 0.326 e. The summed E-state index contributed by atoms with van der Waals surface area (Å²) in [6.45, 7) is 3.53. The number of rotatable bonds is 5. The zero-order valence-corrected chi connectivity index (χ0v) is 15.9. The number of thiocarbonyl (C=S) groups is 1. The lowest BCUT2D eigenvalue weighted by Gasteiger charge is -2.18. The van der Waals surface area contributed by atoms with Crippen LogP contribution in [-0.4, -0.2) is 32.2 Å². The van der Waals surface area contributed by atoms with Crippen LogP contribution in [0, 0.1) is 0 Å². The number of carboxylic acids is 1. The molecule has 1 unspecified atom stereocenters. The van der Waals surface area contributed by atoms with Crippen molar-refractivity contribution in [1.82, 2.24) is 4.90 Å². The largest absolute Gasteiger partial charge is 0.480 e. The molecular weight excluding hydrogens is 370 g/mol. The molecule has 1 N–H and O–H groups in total. The van der Waals surface area contributed by atoms with Crippen LogP contribution < -0.4 is 0 Å². The molecule has 1 fully saturated rings. The highest BCUT2D eigenvalue weighted by Gasteiger charge is 2.38. The number of carbonyl (C=O) groups excluding carboxylic acids is 1. The zero-order chi connectivity index (χ0) is 18.8. The van der Waals surface area contributed by atoms with Gasteiger partial charge in [0, 0.05) is 11.6 Å².